The molecule has 0 amide bonds. The molecule has 0 heterocycles. The number of hydrogen-bond donors (Lipinski definition) is 0. The number of rotatable bonds is 10. The molecule has 0 atom stereocenters. The zero-order valence-corrected chi connectivity index (χ0v) is 29.1. The second-order valence-electron chi connectivity index (χ2n) is 12.0. The molecule has 0 spiro atoms. The van der Waals surface area contributed by atoms with Crippen LogP contribution in [0.3, 0.4) is 0 Å². The van der Waals surface area contributed by atoms with Crippen molar-refractivity contribution in [2.45, 2.75) is 49.8 Å². The van der Waals surface area contributed by atoms with Crippen LogP contribution in [-0.2, 0) is 30.4 Å². The molecule has 0 N–H and O–H groups in total. The Morgan fingerprint density at radius 3 is 1.92 bits per heavy atom. The third-order valence-electron chi connectivity index (χ3n) is 9.36. The minimum Gasteiger partial charge on any atom is -0.379 e. The number of fused-ring (bicyclic) bond motifs is 1. The van der Waals surface area contributed by atoms with E-state index in [4.69, 9.17) is 19.4 Å². The lowest BCUT2D eigenvalue weighted by molar-refractivity contribution is -0.115. The Kier molecular flexibility index (Phi) is 9.28. The van der Waals surface area contributed by atoms with Gasteiger partial charge in [-0.2, -0.15) is 26.4 Å². The number of hydrogen-bond acceptors (Lipinski definition) is 8. The van der Waals surface area contributed by atoms with Crippen molar-refractivity contribution >= 4 is 49.3 Å². The predicted molar refractivity (Wildman–Crippen MR) is 187 cm³/mol. The summed E-state index contributed by atoms with van der Waals surface area (Å²) in [4.78, 5) is 30.8. The van der Waals surface area contributed by atoms with Crippen LogP contribution in [0.15, 0.2) is 112 Å². The van der Waals surface area contributed by atoms with Crippen LogP contribution in [0.25, 0.3) is 17.1 Å². The highest BCUT2D eigenvalue weighted by Gasteiger charge is 2.35. The lowest BCUT2D eigenvalue weighted by atomic mass is 9.70. The standard InChI is InChI=1S/C37H30N4O8S2/c1-3-37(4-2,23-8-13-26(14-9-23)48-50(44,45)34-7-5-6-30-28(34)18-19-32(41-39)36(30)43)24-10-15-27(16-11-24)49-51(46,47)35-21-20-33(42)31-22-25(40-38)12-17-29(31)35/h5-19,21H,3-4,20,22H2,1-2H3. The van der Waals surface area contributed by atoms with E-state index >= 15 is 0 Å². The summed E-state index contributed by atoms with van der Waals surface area (Å²) in [5, 5.41) is 0. The number of ketones is 2. The molecule has 0 aliphatic heterocycles. The Labute approximate surface area is 294 Å². The van der Waals surface area contributed by atoms with E-state index in [0.717, 1.165) is 11.1 Å². The second-order valence-corrected chi connectivity index (χ2v) is 15.0. The Bertz CT molecular complexity index is 2440. The smallest absolute Gasteiger partial charge is 0.362 e. The maximum absolute atomic E-state index is 13.4. The number of carbonyl (C=O) groups excluding carboxylic acids is 2. The summed E-state index contributed by atoms with van der Waals surface area (Å²) in [5.41, 5.74) is 20.1. The summed E-state index contributed by atoms with van der Waals surface area (Å²) in [6.07, 6.45) is 8.01. The van der Waals surface area contributed by atoms with E-state index in [1.807, 2.05) is 13.8 Å². The van der Waals surface area contributed by atoms with Crippen molar-refractivity contribution in [2.75, 3.05) is 0 Å². The first-order chi connectivity index (χ1) is 24.4. The van der Waals surface area contributed by atoms with E-state index in [2.05, 4.69) is 9.58 Å². The zero-order valence-electron chi connectivity index (χ0n) is 27.4. The second kappa shape index (κ2) is 13.5. The van der Waals surface area contributed by atoms with Crippen molar-refractivity contribution in [3.63, 3.8) is 0 Å². The molecule has 0 unspecified atom stereocenters. The normalized spacial score (nSPS) is 15.8. The van der Waals surface area contributed by atoms with E-state index in [-0.39, 0.29) is 73.6 Å². The van der Waals surface area contributed by atoms with Gasteiger partial charge in [-0.1, -0.05) is 56.3 Å². The van der Waals surface area contributed by atoms with Crippen molar-refractivity contribution < 1.29 is 44.4 Å². The van der Waals surface area contributed by atoms with Crippen LogP contribution >= 0.6 is 0 Å². The highest BCUT2D eigenvalue weighted by atomic mass is 32.2. The van der Waals surface area contributed by atoms with E-state index < -0.39 is 31.4 Å². The maximum Gasteiger partial charge on any atom is 0.362 e. The third kappa shape index (κ3) is 6.37. The highest BCUT2D eigenvalue weighted by molar-refractivity contribution is 7.91. The van der Waals surface area contributed by atoms with Gasteiger partial charge in [0.25, 0.3) is 11.5 Å². The van der Waals surface area contributed by atoms with E-state index in [1.165, 1.54) is 48.6 Å². The zero-order chi connectivity index (χ0) is 36.6. The number of nitrogens with zero attached hydrogens (tertiary/aromatic N) is 4. The van der Waals surface area contributed by atoms with Gasteiger partial charge in [-0.3, -0.25) is 9.59 Å². The fraction of sp³-hybridized carbons (Fsp3) is 0.189. The van der Waals surface area contributed by atoms with Gasteiger partial charge < -0.3 is 19.4 Å². The lowest BCUT2D eigenvalue weighted by Gasteiger charge is -2.33. The molecule has 12 nitrogen and oxygen atoms in total. The van der Waals surface area contributed by atoms with Crippen molar-refractivity contribution in [3.8, 4) is 11.5 Å². The first-order valence-electron chi connectivity index (χ1n) is 15.9. The molecule has 0 saturated heterocycles. The quantitative estimate of drug-likeness (QED) is 0.139. The van der Waals surface area contributed by atoms with Gasteiger partial charge in [0, 0.05) is 46.3 Å². The Hall–Kier alpha value is -5.78. The van der Waals surface area contributed by atoms with Crippen LogP contribution in [-0.4, -0.2) is 49.4 Å². The molecular weight excluding hydrogens is 693 g/mol. The van der Waals surface area contributed by atoms with E-state index in [1.54, 1.807) is 48.5 Å². The van der Waals surface area contributed by atoms with Crippen LogP contribution in [0.1, 0.15) is 66.6 Å². The van der Waals surface area contributed by atoms with Gasteiger partial charge in [0.15, 0.2) is 5.78 Å². The summed E-state index contributed by atoms with van der Waals surface area (Å²) in [5.74, 6) is -0.742. The molecule has 3 aliphatic carbocycles. The van der Waals surface area contributed by atoms with Crippen molar-refractivity contribution in [3.05, 3.63) is 140 Å². The van der Waals surface area contributed by atoms with Gasteiger partial charge in [-0.05, 0) is 66.5 Å². The molecule has 0 fully saturated rings. The van der Waals surface area contributed by atoms with Gasteiger partial charge in [0.05, 0.1) is 6.42 Å². The van der Waals surface area contributed by atoms with E-state index in [0.29, 0.717) is 12.8 Å². The lowest BCUT2D eigenvalue weighted by Crippen LogP contribution is -2.26. The summed E-state index contributed by atoms with van der Waals surface area (Å²) in [6.45, 7) is 4.03. The largest absolute Gasteiger partial charge is 0.379 e. The molecule has 51 heavy (non-hydrogen) atoms. The number of carbonyl (C=O) groups is 2. The molecule has 6 rings (SSSR count). The Balaban J connectivity index is 1.22. The molecule has 3 aromatic carbocycles. The average Bonchev–Trinajstić information content (AvgIpc) is 3.13. The van der Waals surface area contributed by atoms with Crippen molar-refractivity contribution in [1.82, 2.24) is 0 Å². The summed E-state index contributed by atoms with van der Waals surface area (Å²) >= 11 is 0. The first kappa shape index (κ1) is 35.1. The summed E-state index contributed by atoms with van der Waals surface area (Å²) < 4.78 is 64.4. The minimum atomic E-state index is -4.37. The van der Waals surface area contributed by atoms with Crippen LogP contribution in [0, 0.1) is 0 Å². The van der Waals surface area contributed by atoms with Crippen LogP contribution in [0.4, 0.5) is 0 Å². The predicted octanol–water partition coefficient (Wildman–Crippen LogP) is 5.93. The molecule has 258 valence electrons. The van der Waals surface area contributed by atoms with Gasteiger partial charge in [-0.15, -0.1) is 0 Å². The van der Waals surface area contributed by atoms with E-state index in [9.17, 15) is 26.4 Å². The molecule has 0 bridgehead atoms. The van der Waals surface area contributed by atoms with Gasteiger partial charge in [0.1, 0.15) is 21.3 Å². The SMILES string of the molecule is CCC(CC)(c1ccc(OS(=O)(=O)C2=CCC(=O)C3=C2C=CC(=[N+]=[N-])C3)cc1)c1ccc(OS(=O)(=O)c2cccc3c2C=CC(=[N+]=[N-])C3=O)cc1. The van der Waals surface area contributed by atoms with Crippen LogP contribution in [0.5, 0.6) is 11.5 Å². The molecular formula is C37H30N4O8S2. The average molecular weight is 723 g/mol. The van der Waals surface area contributed by atoms with Crippen LogP contribution in [0.2, 0.25) is 0 Å². The molecule has 3 aliphatic rings. The number of allylic oxidation sites excluding steroid dienone is 6. The monoisotopic (exact) mass is 722 g/mol. The fourth-order valence-electron chi connectivity index (χ4n) is 6.64. The molecule has 0 aromatic heterocycles. The maximum atomic E-state index is 13.4. The van der Waals surface area contributed by atoms with Crippen LogP contribution < -0.4 is 8.37 Å². The number of Topliss-reactive ketones (excluding diaryl/α,β-unsaturated/α-hetero) is 2. The highest BCUT2D eigenvalue weighted by Crippen LogP contribution is 2.41. The third-order valence-corrected chi connectivity index (χ3v) is 12.0. The molecule has 14 heteroatoms. The molecule has 0 radical (unpaired) electrons. The van der Waals surface area contributed by atoms with Crippen molar-refractivity contribution in [2.24, 2.45) is 0 Å². The molecule has 3 aromatic rings. The van der Waals surface area contributed by atoms with Crippen molar-refractivity contribution in [1.29, 1.82) is 0 Å². The fourth-order valence-corrected chi connectivity index (χ4v) is 8.99. The number of benzene rings is 3. The summed E-state index contributed by atoms with van der Waals surface area (Å²) in [6, 6.07) is 17.5. The first-order valence-corrected chi connectivity index (χ1v) is 18.7. The molecule has 0 saturated carbocycles. The Morgan fingerprint density at radius 2 is 1.35 bits per heavy atom. The minimum absolute atomic E-state index is 0.0131. The topological polar surface area (TPSA) is 194 Å². The summed E-state index contributed by atoms with van der Waals surface area (Å²) in [7, 11) is -8.69. The van der Waals surface area contributed by atoms with Gasteiger partial charge in [-0.25, -0.2) is 0 Å². The van der Waals surface area contributed by atoms with Gasteiger partial charge >= 0.3 is 25.9 Å². The van der Waals surface area contributed by atoms with Gasteiger partial charge in [0.2, 0.25) is 0 Å². The Morgan fingerprint density at radius 1 is 0.745 bits per heavy atom.